The van der Waals surface area contributed by atoms with Gasteiger partial charge in [0.1, 0.15) is 11.6 Å². The van der Waals surface area contributed by atoms with Crippen LogP contribution in [0, 0.1) is 32.5 Å². The summed E-state index contributed by atoms with van der Waals surface area (Å²) in [5.74, 6) is -2.09. The number of pyridine rings is 1. The fourth-order valence-corrected chi connectivity index (χ4v) is 4.49. The summed E-state index contributed by atoms with van der Waals surface area (Å²) in [7, 11) is 0. The van der Waals surface area contributed by atoms with Crippen LogP contribution in [0.5, 0.6) is 0 Å². The van der Waals surface area contributed by atoms with Crippen molar-refractivity contribution in [2.45, 2.75) is 46.3 Å². The van der Waals surface area contributed by atoms with Crippen molar-refractivity contribution in [3.63, 3.8) is 0 Å². The first-order valence-corrected chi connectivity index (χ1v) is 11.3. The summed E-state index contributed by atoms with van der Waals surface area (Å²) >= 11 is 0. The molecule has 1 amide bonds. The minimum Gasteiger partial charge on any atom is -0.371 e. The highest BCUT2D eigenvalue weighted by molar-refractivity contribution is 5.92. The Morgan fingerprint density at radius 3 is 2.49 bits per heavy atom. The van der Waals surface area contributed by atoms with Gasteiger partial charge in [-0.1, -0.05) is 5.16 Å². The second-order valence-electron chi connectivity index (χ2n) is 8.93. The van der Waals surface area contributed by atoms with Gasteiger partial charge in [-0.15, -0.1) is 0 Å². The lowest BCUT2D eigenvalue weighted by Crippen LogP contribution is -2.41. The predicted octanol–water partition coefficient (Wildman–Crippen LogP) is 5.51. The van der Waals surface area contributed by atoms with Gasteiger partial charge in [-0.05, 0) is 69.0 Å². The second-order valence-corrected chi connectivity index (χ2v) is 8.93. The summed E-state index contributed by atoms with van der Waals surface area (Å²) in [6.45, 7) is 5.34. The monoisotopic (exact) mass is 490 g/mol. The van der Waals surface area contributed by atoms with Crippen molar-refractivity contribution < 1.29 is 26.9 Å². The molecular formula is C25H26F4N4O2. The molecule has 0 saturated carbocycles. The Morgan fingerprint density at radius 2 is 1.86 bits per heavy atom. The predicted molar refractivity (Wildman–Crippen MR) is 123 cm³/mol. The Morgan fingerprint density at radius 1 is 1.14 bits per heavy atom. The summed E-state index contributed by atoms with van der Waals surface area (Å²) in [5, 5.41) is 6.40. The van der Waals surface area contributed by atoms with Gasteiger partial charge in [0.05, 0.1) is 5.92 Å². The Hall–Kier alpha value is -3.43. The molecule has 3 heterocycles. The zero-order valence-electron chi connectivity index (χ0n) is 19.7. The van der Waals surface area contributed by atoms with Gasteiger partial charge in [-0.3, -0.25) is 9.78 Å². The van der Waals surface area contributed by atoms with Crippen LogP contribution in [0.1, 0.15) is 46.0 Å². The van der Waals surface area contributed by atoms with Crippen LogP contribution >= 0.6 is 0 Å². The van der Waals surface area contributed by atoms with E-state index >= 15 is 4.39 Å². The maximum absolute atomic E-state index is 15.6. The Bertz CT molecular complexity index is 1220. The average Bonchev–Trinajstić information content (AvgIpc) is 3.22. The number of carbonyl (C=O) groups is 1. The van der Waals surface area contributed by atoms with Gasteiger partial charge < -0.3 is 14.7 Å². The molecule has 1 N–H and O–H groups in total. The molecule has 1 unspecified atom stereocenters. The van der Waals surface area contributed by atoms with E-state index in [1.54, 1.807) is 43.9 Å². The van der Waals surface area contributed by atoms with E-state index in [0.717, 1.165) is 0 Å². The molecule has 0 radical (unpaired) electrons. The van der Waals surface area contributed by atoms with Crippen LogP contribution in [-0.2, 0) is 6.54 Å². The van der Waals surface area contributed by atoms with E-state index in [4.69, 9.17) is 4.52 Å². The first kappa shape index (κ1) is 24.7. The smallest absolute Gasteiger partial charge is 0.371 e. The molecule has 0 bridgehead atoms. The number of aromatic nitrogens is 2. The lowest BCUT2D eigenvalue weighted by atomic mass is 9.94. The largest absolute Gasteiger partial charge is 0.393 e. The van der Waals surface area contributed by atoms with Gasteiger partial charge in [0, 0.05) is 48.3 Å². The van der Waals surface area contributed by atoms with Crippen LogP contribution < -0.4 is 10.2 Å². The summed E-state index contributed by atoms with van der Waals surface area (Å²) in [5.41, 5.74) is 3.11. The Labute approximate surface area is 200 Å². The standard InChI is InChI=1S/C25H26F4N4O2/c1-14-7-17(8-15(2)31-14)23-18(12-30-24(34)22-9-16(3)35-32-22)10-20(11-21(23)26)33-6-4-5-19(13-33)25(27,28)29/h7-11,19H,4-6,12-13H2,1-3H3,(H,30,34). The minimum absolute atomic E-state index is 0.0518. The van der Waals surface area contributed by atoms with E-state index in [9.17, 15) is 18.0 Å². The molecule has 1 aliphatic rings. The van der Waals surface area contributed by atoms with Gasteiger partial charge in [-0.2, -0.15) is 13.2 Å². The van der Waals surface area contributed by atoms with Gasteiger partial charge >= 0.3 is 6.18 Å². The minimum atomic E-state index is -4.31. The molecule has 1 aromatic carbocycles. The topological polar surface area (TPSA) is 71.3 Å². The number of rotatable bonds is 5. The second kappa shape index (κ2) is 9.67. The fraction of sp³-hybridized carbons (Fsp3) is 0.400. The van der Waals surface area contributed by atoms with E-state index in [1.165, 1.54) is 12.1 Å². The van der Waals surface area contributed by atoms with E-state index < -0.39 is 23.8 Å². The number of carbonyl (C=O) groups excluding carboxylic acids is 1. The number of alkyl halides is 3. The molecule has 35 heavy (non-hydrogen) atoms. The molecule has 1 atom stereocenters. The van der Waals surface area contributed by atoms with Crippen molar-refractivity contribution in [2.24, 2.45) is 5.92 Å². The lowest BCUT2D eigenvalue weighted by Gasteiger charge is -2.35. The van der Waals surface area contributed by atoms with Crippen molar-refractivity contribution in [1.29, 1.82) is 0 Å². The van der Waals surface area contributed by atoms with E-state index in [1.807, 2.05) is 0 Å². The zero-order chi connectivity index (χ0) is 25.3. The highest BCUT2D eigenvalue weighted by Gasteiger charge is 2.42. The number of benzene rings is 1. The Balaban J connectivity index is 1.71. The molecule has 0 aliphatic carbocycles. The van der Waals surface area contributed by atoms with Crippen LogP contribution in [0.3, 0.4) is 0 Å². The molecule has 6 nitrogen and oxygen atoms in total. The molecule has 186 valence electrons. The third kappa shape index (κ3) is 5.63. The zero-order valence-corrected chi connectivity index (χ0v) is 19.7. The maximum Gasteiger partial charge on any atom is 0.393 e. The third-order valence-electron chi connectivity index (χ3n) is 6.08. The highest BCUT2D eigenvalue weighted by atomic mass is 19.4. The van der Waals surface area contributed by atoms with E-state index in [-0.39, 0.29) is 30.8 Å². The normalized spacial score (nSPS) is 16.4. The molecule has 1 saturated heterocycles. The molecule has 1 aliphatic heterocycles. The Kier molecular flexibility index (Phi) is 6.82. The van der Waals surface area contributed by atoms with Crippen molar-refractivity contribution in [3.05, 3.63) is 64.6 Å². The van der Waals surface area contributed by atoms with Gasteiger partial charge in [-0.25, -0.2) is 4.39 Å². The molecule has 3 aromatic rings. The number of anilines is 1. The number of nitrogens with one attached hydrogen (secondary N) is 1. The third-order valence-corrected chi connectivity index (χ3v) is 6.08. The molecule has 0 spiro atoms. The van der Waals surface area contributed by atoms with Crippen LogP contribution in [-0.4, -0.2) is 35.3 Å². The molecule has 10 heteroatoms. The summed E-state index contributed by atoms with van der Waals surface area (Å²) in [4.78, 5) is 18.4. The first-order valence-electron chi connectivity index (χ1n) is 11.3. The molecule has 2 aromatic heterocycles. The molecular weight excluding hydrogens is 464 g/mol. The quantitative estimate of drug-likeness (QED) is 0.478. The van der Waals surface area contributed by atoms with E-state index in [0.29, 0.717) is 46.9 Å². The van der Waals surface area contributed by atoms with Crippen LogP contribution in [0.2, 0.25) is 0 Å². The number of aryl methyl sites for hydroxylation is 3. The number of amides is 1. The number of hydrogen-bond donors (Lipinski definition) is 1. The number of nitrogens with zero attached hydrogens (tertiary/aromatic N) is 3. The van der Waals surface area contributed by atoms with E-state index in [2.05, 4.69) is 15.5 Å². The summed E-state index contributed by atoms with van der Waals surface area (Å²) < 4.78 is 60.6. The van der Waals surface area contributed by atoms with Crippen molar-refractivity contribution in [2.75, 3.05) is 18.0 Å². The average molecular weight is 491 g/mol. The number of hydrogen-bond acceptors (Lipinski definition) is 5. The van der Waals surface area contributed by atoms with Crippen molar-refractivity contribution in [3.8, 4) is 11.1 Å². The van der Waals surface area contributed by atoms with Crippen LogP contribution in [0.4, 0.5) is 23.2 Å². The van der Waals surface area contributed by atoms with Crippen molar-refractivity contribution in [1.82, 2.24) is 15.5 Å². The van der Waals surface area contributed by atoms with Crippen LogP contribution in [0.25, 0.3) is 11.1 Å². The maximum atomic E-state index is 15.6. The van der Waals surface area contributed by atoms with Gasteiger partial charge in [0.15, 0.2) is 5.69 Å². The summed E-state index contributed by atoms with van der Waals surface area (Å²) in [6.07, 6.45) is -3.90. The van der Waals surface area contributed by atoms with Gasteiger partial charge in [0.25, 0.3) is 5.91 Å². The number of piperidine rings is 1. The molecule has 1 fully saturated rings. The van der Waals surface area contributed by atoms with Gasteiger partial charge in [0.2, 0.25) is 0 Å². The molecule has 4 rings (SSSR count). The van der Waals surface area contributed by atoms with Crippen molar-refractivity contribution >= 4 is 11.6 Å². The highest BCUT2D eigenvalue weighted by Crippen LogP contribution is 2.37. The summed E-state index contributed by atoms with van der Waals surface area (Å²) in [6, 6.07) is 7.87. The fourth-order valence-electron chi connectivity index (χ4n) is 4.49. The SMILES string of the molecule is Cc1cc(-c2c(F)cc(N3CCCC(C(F)(F)F)C3)cc2CNC(=O)c2cc(C)on2)cc(C)n1. The first-order chi connectivity index (χ1) is 16.5. The number of halogens is 4. The van der Waals surface area contributed by atoms with Crippen LogP contribution in [0.15, 0.2) is 34.9 Å². The lowest BCUT2D eigenvalue weighted by molar-refractivity contribution is -0.175.